The van der Waals surface area contributed by atoms with Crippen molar-refractivity contribution in [2.45, 2.75) is 13.8 Å². The Hall–Kier alpha value is -2.80. The van der Waals surface area contributed by atoms with Gasteiger partial charge in [-0.25, -0.2) is 0 Å². The van der Waals surface area contributed by atoms with E-state index in [4.69, 9.17) is 11.6 Å². The highest BCUT2D eigenvalue weighted by Gasteiger charge is 2.26. The Kier molecular flexibility index (Phi) is 6.63. The van der Waals surface area contributed by atoms with Crippen LogP contribution in [-0.2, 0) is 19.1 Å². The first-order valence-electron chi connectivity index (χ1n) is 8.16. The van der Waals surface area contributed by atoms with Crippen LogP contribution in [0.25, 0.3) is 5.69 Å². The first-order valence-corrected chi connectivity index (χ1v) is 8.54. The maximum atomic E-state index is 13.0. The zero-order valence-corrected chi connectivity index (χ0v) is 16.4. The number of aromatic nitrogens is 1. The van der Waals surface area contributed by atoms with Gasteiger partial charge in [0, 0.05) is 22.1 Å². The number of hydrogen-bond donors (Lipinski definition) is 0. The molecule has 0 saturated carbocycles. The van der Waals surface area contributed by atoms with E-state index in [1.807, 2.05) is 23.6 Å². The van der Waals surface area contributed by atoms with E-state index in [9.17, 15) is 14.4 Å². The van der Waals surface area contributed by atoms with Gasteiger partial charge in [-0.1, -0.05) is 11.6 Å². The molecule has 0 aliphatic carbocycles. The molecule has 1 heterocycles. The lowest BCUT2D eigenvalue weighted by Crippen LogP contribution is -2.40. The highest BCUT2D eigenvalue weighted by molar-refractivity contribution is 6.30. The lowest BCUT2D eigenvalue weighted by atomic mass is 10.2. The largest absolute Gasteiger partial charge is 0.468 e. The topological polar surface area (TPSA) is 77.8 Å². The van der Waals surface area contributed by atoms with Gasteiger partial charge in [-0.05, 0) is 44.2 Å². The van der Waals surface area contributed by atoms with Crippen molar-refractivity contribution in [3.63, 3.8) is 0 Å². The number of nitrogens with zero attached hydrogens (tertiary/aromatic N) is 2. The smallest absolute Gasteiger partial charge is 0.325 e. The summed E-state index contributed by atoms with van der Waals surface area (Å²) < 4.78 is 11.1. The Morgan fingerprint density at radius 2 is 1.52 bits per heavy atom. The van der Waals surface area contributed by atoms with Crippen LogP contribution in [0.4, 0.5) is 0 Å². The number of carbonyl (C=O) groups is 3. The maximum absolute atomic E-state index is 13.0. The highest BCUT2D eigenvalue weighted by atomic mass is 35.5. The van der Waals surface area contributed by atoms with Crippen molar-refractivity contribution in [3.05, 3.63) is 52.3 Å². The molecule has 0 N–H and O–H groups in total. The minimum absolute atomic E-state index is 0.352. The molecule has 0 radical (unpaired) electrons. The molecule has 8 heteroatoms. The number of aryl methyl sites for hydroxylation is 1. The van der Waals surface area contributed by atoms with Gasteiger partial charge in [-0.3, -0.25) is 14.4 Å². The highest BCUT2D eigenvalue weighted by Crippen LogP contribution is 2.23. The molecular weight excluding hydrogens is 372 g/mol. The van der Waals surface area contributed by atoms with Crippen molar-refractivity contribution in [2.24, 2.45) is 0 Å². The van der Waals surface area contributed by atoms with Crippen molar-refractivity contribution in [2.75, 3.05) is 27.3 Å². The molecule has 1 aromatic carbocycles. The number of rotatable bonds is 6. The van der Waals surface area contributed by atoms with E-state index in [1.54, 1.807) is 25.1 Å². The molecule has 1 amide bonds. The lowest BCUT2D eigenvalue weighted by molar-refractivity contribution is -0.144. The molecule has 1 aromatic heterocycles. The molecule has 0 spiro atoms. The molecule has 144 valence electrons. The van der Waals surface area contributed by atoms with Gasteiger partial charge in [0.25, 0.3) is 5.91 Å². The number of ether oxygens (including phenoxy) is 2. The predicted molar refractivity (Wildman–Crippen MR) is 100 cm³/mol. The van der Waals surface area contributed by atoms with Gasteiger partial charge in [0.2, 0.25) is 0 Å². The van der Waals surface area contributed by atoms with Crippen molar-refractivity contribution in [1.29, 1.82) is 0 Å². The molecule has 2 rings (SSSR count). The Labute approximate surface area is 162 Å². The summed E-state index contributed by atoms with van der Waals surface area (Å²) in [6, 6.07) is 8.93. The quantitative estimate of drug-likeness (QED) is 0.706. The number of benzene rings is 1. The second-order valence-electron chi connectivity index (χ2n) is 5.91. The Balaban J connectivity index is 2.40. The van der Waals surface area contributed by atoms with Crippen molar-refractivity contribution < 1.29 is 23.9 Å². The second-order valence-corrected chi connectivity index (χ2v) is 6.35. The summed E-state index contributed by atoms with van der Waals surface area (Å²) in [7, 11) is 2.44. The van der Waals surface area contributed by atoms with E-state index in [1.165, 1.54) is 14.2 Å². The first-order chi connectivity index (χ1) is 12.8. The van der Waals surface area contributed by atoms with Crippen LogP contribution >= 0.6 is 11.6 Å². The van der Waals surface area contributed by atoms with Crippen molar-refractivity contribution >= 4 is 29.4 Å². The van der Waals surface area contributed by atoms with E-state index < -0.39 is 17.8 Å². The van der Waals surface area contributed by atoms with E-state index in [0.29, 0.717) is 16.3 Å². The first kappa shape index (κ1) is 20.5. The Bertz CT molecular complexity index is 840. The van der Waals surface area contributed by atoms with E-state index in [0.717, 1.165) is 16.3 Å². The molecule has 0 aliphatic heterocycles. The predicted octanol–water partition coefficient (Wildman–Crippen LogP) is 2.54. The van der Waals surface area contributed by atoms with Crippen LogP contribution in [-0.4, -0.2) is 54.6 Å². The van der Waals surface area contributed by atoms with E-state index in [2.05, 4.69) is 9.47 Å². The van der Waals surface area contributed by atoms with Gasteiger partial charge in [-0.2, -0.15) is 0 Å². The summed E-state index contributed by atoms with van der Waals surface area (Å²) in [5, 5.41) is 0.611. The van der Waals surface area contributed by atoms with Crippen LogP contribution in [0, 0.1) is 13.8 Å². The minimum Gasteiger partial charge on any atom is -0.468 e. The number of hydrogen-bond acceptors (Lipinski definition) is 5. The van der Waals surface area contributed by atoms with Gasteiger partial charge in [-0.15, -0.1) is 0 Å². The number of methoxy groups -OCH3 is 2. The number of amides is 1. The summed E-state index contributed by atoms with van der Waals surface area (Å²) in [5.41, 5.74) is 2.74. The summed E-state index contributed by atoms with van der Waals surface area (Å²) in [5.74, 6) is -1.71. The van der Waals surface area contributed by atoms with Crippen LogP contribution in [0.3, 0.4) is 0 Å². The van der Waals surface area contributed by atoms with Gasteiger partial charge < -0.3 is 18.9 Å². The lowest BCUT2D eigenvalue weighted by Gasteiger charge is -2.20. The fraction of sp³-hybridized carbons (Fsp3) is 0.316. The van der Waals surface area contributed by atoms with Crippen molar-refractivity contribution in [1.82, 2.24) is 9.47 Å². The van der Waals surface area contributed by atoms with Crippen LogP contribution in [0.1, 0.15) is 21.7 Å². The standard InChI is InChI=1S/C19H21ClN2O5/c1-12-9-16(13(2)22(12)15-7-5-14(20)6-8-15)19(25)21(10-17(23)26-3)11-18(24)27-4/h5-9H,10-11H2,1-4H3. The fourth-order valence-electron chi connectivity index (χ4n) is 2.78. The van der Waals surface area contributed by atoms with Gasteiger partial charge in [0.15, 0.2) is 0 Å². The molecule has 0 bridgehead atoms. The van der Waals surface area contributed by atoms with Crippen molar-refractivity contribution in [3.8, 4) is 5.69 Å². The third kappa shape index (κ3) is 4.68. The minimum atomic E-state index is -0.626. The van der Waals surface area contributed by atoms with Crippen LogP contribution < -0.4 is 0 Å². The Morgan fingerprint density at radius 1 is 1.00 bits per heavy atom. The summed E-state index contributed by atoms with van der Waals surface area (Å²) in [6.45, 7) is 2.96. The molecule has 0 atom stereocenters. The molecule has 27 heavy (non-hydrogen) atoms. The van der Waals surface area contributed by atoms with Gasteiger partial charge in [0.1, 0.15) is 13.1 Å². The summed E-state index contributed by atoms with van der Waals surface area (Å²) in [4.78, 5) is 37.4. The molecule has 2 aromatic rings. The SMILES string of the molecule is COC(=O)CN(CC(=O)OC)C(=O)c1cc(C)n(-c2ccc(Cl)cc2)c1C. The van der Waals surface area contributed by atoms with E-state index in [-0.39, 0.29) is 13.1 Å². The van der Waals surface area contributed by atoms with Crippen LogP contribution in [0.15, 0.2) is 30.3 Å². The van der Waals surface area contributed by atoms with Crippen LogP contribution in [0.5, 0.6) is 0 Å². The zero-order valence-electron chi connectivity index (χ0n) is 15.6. The average molecular weight is 393 g/mol. The number of halogens is 1. The monoisotopic (exact) mass is 392 g/mol. The summed E-state index contributed by atoms with van der Waals surface area (Å²) in [6.07, 6.45) is 0. The summed E-state index contributed by atoms with van der Waals surface area (Å²) >= 11 is 5.94. The van der Waals surface area contributed by atoms with Gasteiger partial charge in [0.05, 0.1) is 19.8 Å². The maximum Gasteiger partial charge on any atom is 0.325 e. The number of esters is 2. The molecule has 0 unspecified atom stereocenters. The third-order valence-electron chi connectivity index (χ3n) is 4.13. The zero-order chi connectivity index (χ0) is 20.1. The Morgan fingerprint density at radius 3 is 2.00 bits per heavy atom. The molecule has 7 nitrogen and oxygen atoms in total. The molecule has 0 aliphatic rings. The van der Waals surface area contributed by atoms with E-state index >= 15 is 0 Å². The molecule has 0 fully saturated rings. The number of carbonyl (C=O) groups excluding carboxylic acids is 3. The third-order valence-corrected chi connectivity index (χ3v) is 4.38. The normalized spacial score (nSPS) is 10.4. The van der Waals surface area contributed by atoms with Gasteiger partial charge >= 0.3 is 11.9 Å². The average Bonchev–Trinajstić information content (AvgIpc) is 2.95. The molecular formula is C19H21ClN2O5. The fourth-order valence-corrected chi connectivity index (χ4v) is 2.90. The second kappa shape index (κ2) is 8.73. The van der Waals surface area contributed by atoms with Crippen LogP contribution in [0.2, 0.25) is 5.02 Å². The molecule has 0 saturated heterocycles.